The van der Waals surface area contributed by atoms with Crippen molar-refractivity contribution in [3.05, 3.63) is 106 Å². The van der Waals surface area contributed by atoms with Crippen LogP contribution < -0.4 is 24.9 Å². The number of nitrogens with zero attached hydrogens (tertiary/aromatic N) is 2. The first kappa shape index (κ1) is 31.1. The Balaban J connectivity index is 1.66. The summed E-state index contributed by atoms with van der Waals surface area (Å²) >= 11 is 13.8. The van der Waals surface area contributed by atoms with E-state index in [9.17, 15) is 14.4 Å². The van der Waals surface area contributed by atoms with Crippen LogP contribution in [0.2, 0.25) is 10.0 Å². The molecule has 4 aromatic rings. The summed E-state index contributed by atoms with van der Waals surface area (Å²) in [6, 6.07) is 13.0. The summed E-state index contributed by atoms with van der Waals surface area (Å²) in [4.78, 5) is 44.9. The maximum absolute atomic E-state index is 14.0. The molecule has 0 saturated heterocycles. The lowest BCUT2D eigenvalue weighted by molar-refractivity contribution is -0.139. The van der Waals surface area contributed by atoms with Crippen molar-refractivity contribution in [2.24, 2.45) is 4.99 Å². The fourth-order valence-corrected chi connectivity index (χ4v) is 6.07. The van der Waals surface area contributed by atoms with Gasteiger partial charge in [0.15, 0.2) is 10.6 Å². The number of nitrogens with one attached hydrogen (secondary N) is 1. The van der Waals surface area contributed by atoms with Gasteiger partial charge in [0, 0.05) is 16.8 Å². The molecule has 0 aliphatic carbocycles. The van der Waals surface area contributed by atoms with Crippen molar-refractivity contribution in [1.82, 2.24) is 4.57 Å². The number of thiazole rings is 1. The van der Waals surface area contributed by atoms with E-state index in [1.807, 2.05) is 0 Å². The number of fused-ring (bicyclic) bond motifs is 1. The molecule has 2 aromatic heterocycles. The van der Waals surface area contributed by atoms with Gasteiger partial charge in [0.05, 0.1) is 42.2 Å². The molecule has 1 aliphatic rings. The highest BCUT2D eigenvalue weighted by atomic mass is 35.5. The maximum atomic E-state index is 14.0. The van der Waals surface area contributed by atoms with Crippen LogP contribution in [0.15, 0.2) is 74.0 Å². The summed E-state index contributed by atoms with van der Waals surface area (Å²) in [6.45, 7) is 5.35. The number of aromatic nitrogens is 1. The number of carbonyl (C=O) groups excluding carboxylic acids is 2. The van der Waals surface area contributed by atoms with Gasteiger partial charge in [-0.05, 0) is 62.7 Å². The molecule has 0 radical (unpaired) electrons. The van der Waals surface area contributed by atoms with Crippen molar-refractivity contribution in [2.45, 2.75) is 26.8 Å². The predicted molar refractivity (Wildman–Crippen MR) is 168 cm³/mol. The van der Waals surface area contributed by atoms with Crippen LogP contribution in [0.1, 0.15) is 48.5 Å². The Morgan fingerprint density at radius 3 is 2.34 bits per heavy atom. The second-order valence-electron chi connectivity index (χ2n) is 9.41. The largest absolute Gasteiger partial charge is 0.497 e. The number of carbonyl (C=O) groups is 2. The first-order chi connectivity index (χ1) is 21.2. The molecule has 0 saturated carbocycles. The predicted octanol–water partition coefficient (Wildman–Crippen LogP) is 5.63. The van der Waals surface area contributed by atoms with E-state index >= 15 is 0 Å². The fourth-order valence-electron chi connectivity index (χ4n) is 4.67. The SMILES string of the molecule is CCOC(=O)C1=C(C)N=c2s/c(=C\c3oc(Nc4ccc(Cl)cc4)c(C(=O)OCC)c3Cl)c(=O)n2[C@H]1c1ccc(OC)cc1. The van der Waals surface area contributed by atoms with Crippen molar-refractivity contribution in [1.29, 1.82) is 0 Å². The summed E-state index contributed by atoms with van der Waals surface area (Å²) in [5, 5.41) is 3.52. The first-order valence-electron chi connectivity index (χ1n) is 13.5. The number of halogens is 2. The van der Waals surface area contributed by atoms with Gasteiger partial charge in [0.2, 0.25) is 5.88 Å². The molecule has 0 amide bonds. The average molecular weight is 657 g/mol. The van der Waals surface area contributed by atoms with Gasteiger partial charge in [-0.1, -0.05) is 46.7 Å². The number of benzene rings is 2. The van der Waals surface area contributed by atoms with Gasteiger partial charge in [-0.25, -0.2) is 14.6 Å². The van der Waals surface area contributed by atoms with E-state index in [1.165, 1.54) is 10.6 Å². The molecule has 1 N–H and O–H groups in total. The summed E-state index contributed by atoms with van der Waals surface area (Å²) < 4.78 is 23.5. The molecule has 1 atom stereocenters. The Morgan fingerprint density at radius 2 is 1.70 bits per heavy atom. The topological polar surface area (TPSA) is 121 Å². The number of hydrogen-bond acceptors (Lipinski definition) is 10. The Bertz CT molecular complexity index is 1940. The third kappa shape index (κ3) is 6.03. The summed E-state index contributed by atoms with van der Waals surface area (Å²) in [5.41, 5.74) is 1.43. The van der Waals surface area contributed by atoms with Crippen LogP contribution in [0.3, 0.4) is 0 Å². The standard InChI is InChI=1S/C31H27Cl2N3O7S/c1-5-41-29(38)23-16(3)34-31-36(26(23)17-7-13-20(40-4)14-8-17)28(37)22(44-31)15-21-25(33)24(30(39)42-6-2)27(43-21)35-19-11-9-18(32)10-12-19/h7-15,26,35H,5-6H2,1-4H3/b22-15-/t26-/m0/s1. The average Bonchev–Trinajstić information content (AvgIpc) is 3.48. The zero-order chi connectivity index (χ0) is 31.5. The van der Waals surface area contributed by atoms with Crippen LogP contribution in [0, 0.1) is 0 Å². The van der Waals surface area contributed by atoms with E-state index in [4.69, 9.17) is 41.8 Å². The summed E-state index contributed by atoms with van der Waals surface area (Å²) in [7, 11) is 1.55. The van der Waals surface area contributed by atoms with Gasteiger partial charge in [0.25, 0.3) is 5.56 Å². The molecular formula is C31H27Cl2N3O7S. The molecule has 13 heteroatoms. The Kier molecular flexibility index (Phi) is 9.28. The van der Waals surface area contributed by atoms with E-state index in [2.05, 4.69) is 10.3 Å². The number of esters is 2. The van der Waals surface area contributed by atoms with Crippen molar-refractivity contribution < 1.29 is 28.2 Å². The van der Waals surface area contributed by atoms with E-state index in [1.54, 1.807) is 76.4 Å². The number of furan rings is 1. The second-order valence-corrected chi connectivity index (χ2v) is 11.2. The fraction of sp³-hybridized carbons (Fsp3) is 0.226. The molecule has 0 fully saturated rings. The van der Waals surface area contributed by atoms with Crippen LogP contribution in [0.4, 0.5) is 11.6 Å². The second kappa shape index (κ2) is 13.1. The van der Waals surface area contributed by atoms with Gasteiger partial charge in [-0.3, -0.25) is 9.36 Å². The highest BCUT2D eigenvalue weighted by molar-refractivity contribution is 7.07. The molecule has 0 unspecified atom stereocenters. The molecule has 0 bridgehead atoms. The molecule has 3 heterocycles. The minimum absolute atomic E-state index is 0.0287. The molecule has 10 nitrogen and oxygen atoms in total. The van der Waals surface area contributed by atoms with Crippen LogP contribution in [-0.4, -0.2) is 36.8 Å². The molecule has 228 valence electrons. The van der Waals surface area contributed by atoms with Crippen molar-refractivity contribution in [2.75, 3.05) is 25.6 Å². The molecular weight excluding hydrogens is 629 g/mol. The van der Waals surface area contributed by atoms with E-state index in [-0.39, 0.29) is 45.5 Å². The van der Waals surface area contributed by atoms with E-state index in [0.29, 0.717) is 32.5 Å². The number of hydrogen-bond donors (Lipinski definition) is 1. The number of methoxy groups -OCH3 is 1. The minimum atomic E-state index is -0.817. The van der Waals surface area contributed by atoms with Crippen molar-refractivity contribution >= 4 is 64.1 Å². The maximum Gasteiger partial charge on any atom is 0.345 e. The number of rotatable bonds is 9. The van der Waals surface area contributed by atoms with Gasteiger partial charge < -0.3 is 23.9 Å². The van der Waals surface area contributed by atoms with Crippen molar-refractivity contribution in [3.8, 4) is 5.75 Å². The zero-order valence-electron chi connectivity index (χ0n) is 24.1. The van der Waals surface area contributed by atoms with E-state index < -0.39 is 23.5 Å². The monoisotopic (exact) mass is 655 g/mol. The Morgan fingerprint density at radius 1 is 1.05 bits per heavy atom. The third-order valence-electron chi connectivity index (χ3n) is 6.67. The highest BCUT2D eigenvalue weighted by Crippen LogP contribution is 2.36. The molecule has 5 rings (SSSR count). The third-order valence-corrected chi connectivity index (χ3v) is 8.28. The Labute approximate surface area is 265 Å². The molecule has 1 aliphatic heterocycles. The number of anilines is 2. The van der Waals surface area contributed by atoms with Gasteiger partial charge in [-0.15, -0.1) is 0 Å². The summed E-state index contributed by atoms with van der Waals surface area (Å²) in [5.74, 6) is -0.569. The smallest absolute Gasteiger partial charge is 0.345 e. The molecule has 0 spiro atoms. The van der Waals surface area contributed by atoms with Crippen LogP contribution in [0.25, 0.3) is 6.08 Å². The number of ether oxygens (including phenoxy) is 3. The Hall–Kier alpha value is -4.32. The van der Waals surface area contributed by atoms with Crippen LogP contribution >= 0.6 is 34.5 Å². The molecule has 44 heavy (non-hydrogen) atoms. The lowest BCUT2D eigenvalue weighted by Gasteiger charge is -2.24. The van der Waals surface area contributed by atoms with Gasteiger partial charge in [0.1, 0.15) is 16.3 Å². The van der Waals surface area contributed by atoms with E-state index in [0.717, 1.165) is 11.3 Å². The lowest BCUT2D eigenvalue weighted by Crippen LogP contribution is -2.39. The lowest BCUT2D eigenvalue weighted by atomic mass is 9.96. The quantitative estimate of drug-likeness (QED) is 0.230. The van der Waals surface area contributed by atoms with Gasteiger partial charge >= 0.3 is 11.9 Å². The number of allylic oxidation sites excluding steroid dienone is 1. The minimum Gasteiger partial charge on any atom is -0.497 e. The first-order valence-corrected chi connectivity index (χ1v) is 15.1. The van der Waals surface area contributed by atoms with Gasteiger partial charge in [-0.2, -0.15) is 0 Å². The van der Waals surface area contributed by atoms with Crippen molar-refractivity contribution in [3.63, 3.8) is 0 Å². The summed E-state index contributed by atoms with van der Waals surface area (Å²) in [6.07, 6.45) is 1.44. The normalized spacial score (nSPS) is 14.6. The highest BCUT2D eigenvalue weighted by Gasteiger charge is 2.34. The zero-order valence-corrected chi connectivity index (χ0v) is 26.4. The van der Waals surface area contributed by atoms with Crippen LogP contribution in [-0.2, 0) is 14.3 Å². The molecule has 2 aromatic carbocycles. The van der Waals surface area contributed by atoms with Crippen LogP contribution in [0.5, 0.6) is 5.75 Å².